The number of rotatable bonds is 3. The summed E-state index contributed by atoms with van der Waals surface area (Å²) in [4.78, 5) is 0. The van der Waals surface area contributed by atoms with Crippen molar-refractivity contribution < 1.29 is 8.42 Å². The fourth-order valence-electron chi connectivity index (χ4n) is 0.842. The summed E-state index contributed by atoms with van der Waals surface area (Å²) < 4.78 is 26.4. The Bertz CT molecular complexity index is 459. The van der Waals surface area contributed by atoms with E-state index in [2.05, 4.69) is 27.3 Å². The molecule has 6 heteroatoms. The van der Waals surface area contributed by atoms with Crippen LogP contribution < -0.4 is 4.72 Å². The lowest BCUT2D eigenvalue weighted by Gasteiger charge is -2.11. The van der Waals surface area contributed by atoms with Crippen molar-refractivity contribution in [1.29, 1.82) is 0 Å². The predicted octanol–water partition coefficient (Wildman–Crippen LogP) is 3.09. The summed E-state index contributed by atoms with van der Waals surface area (Å²) in [5, 5.41) is 0.0788. The summed E-state index contributed by atoms with van der Waals surface area (Å²) in [6.45, 7) is 3.24. The average molecular weight is 360 g/mol. The Kier molecular flexibility index (Phi) is 4.25. The molecule has 1 aromatic rings. The fraction of sp³-hybridized carbons (Fsp3) is 0.333. The molecule has 0 saturated heterocycles. The quantitative estimate of drug-likeness (QED) is 0.843. The third-order valence-corrected chi connectivity index (χ3v) is 5.13. The normalized spacial score (nSPS) is 11.8. The number of anilines is 1. The lowest BCUT2D eigenvalue weighted by molar-refractivity contribution is 0.593. The second kappa shape index (κ2) is 4.88. The molecule has 84 valence electrons. The molecule has 0 aliphatic heterocycles. The third-order valence-electron chi connectivity index (χ3n) is 1.80. The Labute approximate surface area is 108 Å². The summed E-state index contributed by atoms with van der Waals surface area (Å²) in [6.07, 6.45) is 0. The molecule has 0 aliphatic rings. The summed E-state index contributed by atoms with van der Waals surface area (Å²) >= 11 is 7.96. The summed E-state index contributed by atoms with van der Waals surface area (Å²) in [5.41, 5.74) is 0.495. The zero-order chi connectivity index (χ0) is 11.6. The Morgan fingerprint density at radius 3 is 2.47 bits per heavy atom. The van der Waals surface area contributed by atoms with E-state index in [4.69, 9.17) is 11.6 Å². The number of halogens is 2. The minimum atomic E-state index is -3.29. The maximum Gasteiger partial charge on any atom is 0.235 e. The predicted molar refractivity (Wildman–Crippen MR) is 71.8 cm³/mol. The first-order chi connectivity index (χ1) is 6.83. The number of hydrogen-bond donors (Lipinski definition) is 1. The van der Waals surface area contributed by atoms with Crippen LogP contribution >= 0.6 is 34.2 Å². The zero-order valence-electron chi connectivity index (χ0n) is 8.29. The van der Waals surface area contributed by atoms with Gasteiger partial charge in [-0.25, -0.2) is 8.42 Å². The van der Waals surface area contributed by atoms with Crippen molar-refractivity contribution in [2.75, 3.05) is 4.72 Å². The molecule has 0 unspecified atom stereocenters. The van der Waals surface area contributed by atoms with Gasteiger partial charge < -0.3 is 0 Å². The van der Waals surface area contributed by atoms with Gasteiger partial charge in [0, 0.05) is 3.57 Å². The fourth-order valence-corrected chi connectivity index (χ4v) is 2.05. The molecule has 1 aromatic carbocycles. The Morgan fingerprint density at radius 1 is 1.40 bits per heavy atom. The van der Waals surface area contributed by atoms with Crippen molar-refractivity contribution in [3.63, 3.8) is 0 Å². The van der Waals surface area contributed by atoms with Crippen LogP contribution in [0.15, 0.2) is 18.2 Å². The molecule has 0 radical (unpaired) electrons. The van der Waals surface area contributed by atoms with Gasteiger partial charge in [0.2, 0.25) is 10.0 Å². The van der Waals surface area contributed by atoms with Gasteiger partial charge in [0.05, 0.1) is 16.0 Å². The molecule has 0 amide bonds. The first-order valence-corrected chi connectivity index (χ1v) is 7.30. The van der Waals surface area contributed by atoms with Gasteiger partial charge in [0.25, 0.3) is 0 Å². The molecule has 15 heavy (non-hydrogen) atoms. The number of sulfonamides is 1. The third kappa shape index (κ3) is 3.49. The molecule has 1 N–H and O–H groups in total. The van der Waals surface area contributed by atoms with Crippen molar-refractivity contribution in [2.45, 2.75) is 19.1 Å². The molecule has 0 bridgehead atoms. The summed E-state index contributed by atoms with van der Waals surface area (Å²) in [6, 6.07) is 5.05. The van der Waals surface area contributed by atoms with Crippen LogP contribution in [0.5, 0.6) is 0 Å². The van der Waals surface area contributed by atoms with Crippen LogP contribution in [0.1, 0.15) is 13.8 Å². The van der Waals surface area contributed by atoms with Crippen LogP contribution in [0.3, 0.4) is 0 Å². The summed E-state index contributed by atoms with van der Waals surface area (Å²) in [5.74, 6) is 0. The summed E-state index contributed by atoms with van der Waals surface area (Å²) in [7, 11) is -3.29. The van der Waals surface area contributed by atoms with E-state index in [1.807, 2.05) is 0 Å². The number of benzene rings is 1. The van der Waals surface area contributed by atoms with Crippen LogP contribution in [-0.2, 0) is 10.0 Å². The smallest absolute Gasteiger partial charge is 0.235 e. The molecule has 0 aromatic heterocycles. The molecule has 0 saturated carbocycles. The molecular weight excluding hydrogens is 349 g/mol. The van der Waals surface area contributed by atoms with Gasteiger partial charge in [-0.2, -0.15) is 0 Å². The van der Waals surface area contributed by atoms with E-state index in [1.165, 1.54) is 0 Å². The van der Waals surface area contributed by atoms with Gasteiger partial charge in [-0.3, -0.25) is 4.72 Å². The Balaban J connectivity index is 2.96. The van der Waals surface area contributed by atoms with Gasteiger partial charge >= 0.3 is 0 Å². The van der Waals surface area contributed by atoms with E-state index in [0.717, 1.165) is 3.57 Å². The lowest BCUT2D eigenvalue weighted by atomic mass is 10.3. The van der Waals surface area contributed by atoms with E-state index in [1.54, 1.807) is 32.0 Å². The van der Waals surface area contributed by atoms with E-state index in [0.29, 0.717) is 10.7 Å². The SMILES string of the molecule is CC(C)S(=O)(=O)Nc1ccc(I)c(Cl)c1. The first-order valence-electron chi connectivity index (χ1n) is 4.29. The molecule has 0 fully saturated rings. The molecular formula is C9H11ClINO2S. The van der Waals surface area contributed by atoms with Gasteiger partial charge in [-0.15, -0.1) is 0 Å². The number of nitrogens with one attached hydrogen (secondary N) is 1. The van der Waals surface area contributed by atoms with Crippen LogP contribution in [0.2, 0.25) is 5.02 Å². The van der Waals surface area contributed by atoms with Crippen molar-refractivity contribution >= 4 is 49.9 Å². The minimum Gasteiger partial charge on any atom is -0.283 e. The first kappa shape index (κ1) is 13.1. The highest BCUT2D eigenvalue weighted by Crippen LogP contribution is 2.23. The molecule has 0 aliphatic carbocycles. The van der Waals surface area contributed by atoms with Gasteiger partial charge in [-0.05, 0) is 54.6 Å². The van der Waals surface area contributed by atoms with Crippen LogP contribution in [0.25, 0.3) is 0 Å². The highest BCUT2D eigenvalue weighted by molar-refractivity contribution is 14.1. The second-order valence-electron chi connectivity index (χ2n) is 3.32. The Morgan fingerprint density at radius 2 is 2.00 bits per heavy atom. The van der Waals surface area contributed by atoms with Crippen molar-refractivity contribution in [2.24, 2.45) is 0 Å². The molecule has 0 spiro atoms. The van der Waals surface area contributed by atoms with Crippen LogP contribution in [0.4, 0.5) is 5.69 Å². The largest absolute Gasteiger partial charge is 0.283 e. The van der Waals surface area contributed by atoms with Crippen molar-refractivity contribution in [3.8, 4) is 0 Å². The minimum absolute atomic E-state index is 0.462. The second-order valence-corrected chi connectivity index (χ2v) is 7.13. The van der Waals surface area contributed by atoms with Gasteiger partial charge in [0.1, 0.15) is 0 Å². The van der Waals surface area contributed by atoms with E-state index < -0.39 is 15.3 Å². The van der Waals surface area contributed by atoms with Crippen LogP contribution in [-0.4, -0.2) is 13.7 Å². The standard InChI is InChI=1S/C9H11ClINO2S/c1-6(2)15(13,14)12-7-3-4-9(11)8(10)5-7/h3-6,12H,1-2H3. The highest BCUT2D eigenvalue weighted by atomic mass is 127. The molecule has 1 rings (SSSR count). The maximum atomic E-state index is 11.5. The maximum absolute atomic E-state index is 11.5. The van der Waals surface area contributed by atoms with Gasteiger partial charge in [0.15, 0.2) is 0 Å². The van der Waals surface area contributed by atoms with Crippen molar-refractivity contribution in [1.82, 2.24) is 0 Å². The van der Waals surface area contributed by atoms with E-state index in [-0.39, 0.29) is 0 Å². The molecule has 3 nitrogen and oxygen atoms in total. The molecule has 0 atom stereocenters. The van der Waals surface area contributed by atoms with Gasteiger partial charge in [-0.1, -0.05) is 11.6 Å². The topological polar surface area (TPSA) is 46.2 Å². The van der Waals surface area contributed by atoms with E-state index >= 15 is 0 Å². The average Bonchev–Trinajstić information content (AvgIpc) is 2.10. The zero-order valence-corrected chi connectivity index (χ0v) is 12.0. The Hall–Kier alpha value is -0.0100. The van der Waals surface area contributed by atoms with Crippen LogP contribution in [0, 0.1) is 3.57 Å². The van der Waals surface area contributed by atoms with Crippen molar-refractivity contribution in [3.05, 3.63) is 26.8 Å². The highest BCUT2D eigenvalue weighted by Gasteiger charge is 2.15. The monoisotopic (exact) mass is 359 g/mol. The number of hydrogen-bond acceptors (Lipinski definition) is 2. The van der Waals surface area contributed by atoms with E-state index in [9.17, 15) is 8.42 Å². The lowest BCUT2D eigenvalue weighted by Crippen LogP contribution is -2.22. The molecule has 0 heterocycles.